The Kier molecular flexibility index (Phi) is 6.52. The lowest BCUT2D eigenvalue weighted by molar-refractivity contribution is 0.0836. The second-order valence-electron chi connectivity index (χ2n) is 8.73. The Morgan fingerprint density at radius 2 is 1.76 bits per heavy atom. The first kappa shape index (κ1) is 22.8. The van der Waals surface area contributed by atoms with Crippen LogP contribution in [-0.4, -0.2) is 42.9 Å². The predicted octanol–water partition coefficient (Wildman–Crippen LogP) is 5.61. The summed E-state index contributed by atoms with van der Waals surface area (Å²) in [5, 5.41) is 4.44. The van der Waals surface area contributed by atoms with E-state index >= 15 is 0 Å². The first-order valence-electron chi connectivity index (χ1n) is 11.5. The van der Waals surface area contributed by atoms with E-state index in [0.717, 1.165) is 30.3 Å². The molecule has 0 amide bonds. The molecule has 34 heavy (non-hydrogen) atoms. The number of halogens is 2. The van der Waals surface area contributed by atoms with Gasteiger partial charge in [-0.25, -0.2) is 24.3 Å². The Morgan fingerprint density at radius 3 is 2.44 bits per heavy atom. The minimum absolute atomic E-state index is 0.172. The largest absolute Gasteiger partial charge is 0.381 e. The molecule has 3 aromatic heterocycles. The van der Waals surface area contributed by atoms with Gasteiger partial charge in [0, 0.05) is 42.1 Å². The highest BCUT2D eigenvalue weighted by Crippen LogP contribution is 2.33. The average Bonchev–Trinajstić information content (AvgIpc) is 3.54. The number of nitrogens with zero attached hydrogens (tertiary/aromatic N) is 6. The van der Waals surface area contributed by atoms with Crippen molar-refractivity contribution in [1.29, 1.82) is 0 Å². The molecule has 2 aliphatic rings. The molecule has 1 aromatic carbocycles. The Hall–Kier alpha value is -2.97. The lowest BCUT2D eigenvalue weighted by atomic mass is 9.99. The molecule has 4 heterocycles. The summed E-state index contributed by atoms with van der Waals surface area (Å²) in [6.45, 7) is 5.11. The van der Waals surface area contributed by atoms with Crippen LogP contribution in [-0.2, 0) is 4.74 Å². The number of rotatable bonds is 3. The van der Waals surface area contributed by atoms with Crippen molar-refractivity contribution < 1.29 is 9.13 Å². The molecule has 7 nitrogen and oxygen atoms in total. The van der Waals surface area contributed by atoms with Gasteiger partial charge in [0.15, 0.2) is 5.65 Å². The van der Waals surface area contributed by atoms with E-state index in [1.54, 1.807) is 12.1 Å². The number of fused-ring (bicyclic) bond motifs is 1. The van der Waals surface area contributed by atoms with E-state index in [4.69, 9.17) is 21.3 Å². The summed E-state index contributed by atoms with van der Waals surface area (Å²) in [4.78, 5) is 18.5. The number of hydrogen-bond acceptors (Lipinski definition) is 6. The highest BCUT2D eigenvalue weighted by Gasteiger charge is 2.24. The summed E-state index contributed by atoms with van der Waals surface area (Å²) in [5.74, 6) is 0.406. The van der Waals surface area contributed by atoms with E-state index in [1.165, 1.54) is 18.9 Å². The van der Waals surface area contributed by atoms with Crippen molar-refractivity contribution in [3.05, 3.63) is 64.7 Å². The highest BCUT2D eigenvalue weighted by molar-refractivity contribution is 6.30. The lowest BCUT2D eigenvalue weighted by Gasteiger charge is -2.21. The Morgan fingerprint density at radius 1 is 1.00 bits per heavy atom. The molecule has 1 saturated heterocycles. The minimum Gasteiger partial charge on any atom is -0.381 e. The molecule has 0 unspecified atom stereocenters. The number of benzene rings is 1. The van der Waals surface area contributed by atoms with Crippen LogP contribution >= 0.6 is 11.6 Å². The Balaban J connectivity index is 0.000000252. The molecule has 0 radical (unpaired) electrons. The van der Waals surface area contributed by atoms with Crippen LogP contribution in [0.25, 0.3) is 22.4 Å². The predicted molar refractivity (Wildman–Crippen MR) is 128 cm³/mol. The van der Waals surface area contributed by atoms with E-state index in [2.05, 4.69) is 20.1 Å². The van der Waals surface area contributed by atoms with E-state index < -0.39 is 5.82 Å². The van der Waals surface area contributed by atoms with Crippen molar-refractivity contribution in [3.8, 4) is 11.3 Å². The van der Waals surface area contributed by atoms with Gasteiger partial charge in [0.1, 0.15) is 22.9 Å². The maximum absolute atomic E-state index is 14.6. The second-order valence-corrected chi connectivity index (χ2v) is 9.16. The molecule has 4 aromatic rings. The first-order chi connectivity index (χ1) is 16.5. The van der Waals surface area contributed by atoms with Gasteiger partial charge in [-0.3, -0.25) is 4.68 Å². The van der Waals surface area contributed by atoms with Crippen molar-refractivity contribution in [2.45, 2.75) is 51.5 Å². The molecule has 0 spiro atoms. The van der Waals surface area contributed by atoms with Crippen molar-refractivity contribution in [2.24, 2.45) is 0 Å². The summed E-state index contributed by atoms with van der Waals surface area (Å²) in [7, 11) is 0. The molecule has 0 bridgehead atoms. The molecule has 0 atom stereocenters. The van der Waals surface area contributed by atoms with E-state index in [9.17, 15) is 4.39 Å². The smallest absolute Gasteiger partial charge is 0.182 e. The van der Waals surface area contributed by atoms with Crippen LogP contribution in [0, 0.1) is 19.7 Å². The summed E-state index contributed by atoms with van der Waals surface area (Å²) < 4.78 is 22.1. The lowest BCUT2D eigenvalue weighted by Crippen LogP contribution is -2.17. The third-order valence-corrected chi connectivity index (χ3v) is 6.41. The third kappa shape index (κ3) is 4.93. The van der Waals surface area contributed by atoms with E-state index in [0.29, 0.717) is 46.5 Å². The summed E-state index contributed by atoms with van der Waals surface area (Å²) in [6.07, 6.45) is 8.18. The fourth-order valence-electron chi connectivity index (χ4n) is 3.97. The van der Waals surface area contributed by atoms with Crippen LogP contribution in [0.1, 0.15) is 54.9 Å². The molecule has 1 aliphatic heterocycles. The van der Waals surface area contributed by atoms with Gasteiger partial charge in [-0.05, 0) is 63.8 Å². The molecule has 6 rings (SSSR count). The van der Waals surface area contributed by atoms with Crippen LogP contribution in [0.4, 0.5) is 4.39 Å². The fraction of sp³-hybridized carbons (Fsp3) is 0.400. The highest BCUT2D eigenvalue weighted by atomic mass is 35.5. The zero-order valence-corrected chi connectivity index (χ0v) is 20.0. The summed E-state index contributed by atoms with van der Waals surface area (Å²) in [5.41, 5.74) is 3.39. The average molecular weight is 481 g/mol. The van der Waals surface area contributed by atoms with Crippen LogP contribution in [0.15, 0.2) is 36.7 Å². The van der Waals surface area contributed by atoms with Gasteiger partial charge in [0.05, 0.1) is 17.4 Å². The SMILES string of the molecule is Cc1nc2nc(C3CCOCC3)nc(-c3ccc(Cl)cc3F)c2nc1C.c1cnn(C2CC2)c1. The van der Waals surface area contributed by atoms with Crippen molar-refractivity contribution in [2.75, 3.05) is 13.2 Å². The fourth-order valence-corrected chi connectivity index (χ4v) is 4.13. The van der Waals surface area contributed by atoms with Gasteiger partial charge in [-0.15, -0.1) is 0 Å². The van der Waals surface area contributed by atoms with Gasteiger partial charge < -0.3 is 4.74 Å². The van der Waals surface area contributed by atoms with Crippen molar-refractivity contribution in [3.63, 3.8) is 0 Å². The molecular weight excluding hydrogens is 455 g/mol. The number of aromatic nitrogens is 6. The Bertz CT molecular complexity index is 1300. The van der Waals surface area contributed by atoms with Gasteiger partial charge in [-0.1, -0.05) is 11.6 Å². The van der Waals surface area contributed by atoms with E-state index in [1.807, 2.05) is 37.0 Å². The van der Waals surface area contributed by atoms with Crippen LogP contribution in [0.5, 0.6) is 0 Å². The summed E-state index contributed by atoms with van der Waals surface area (Å²) >= 11 is 5.91. The maximum Gasteiger partial charge on any atom is 0.182 e. The van der Waals surface area contributed by atoms with Gasteiger partial charge in [0.2, 0.25) is 0 Å². The molecular formula is C25H26ClFN6O. The number of hydrogen-bond donors (Lipinski definition) is 0. The minimum atomic E-state index is -0.435. The second kappa shape index (κ2) is 9.72. The molecule has 1 aliphatic carbocycles. The zero-order chi connectivity index (χ0) is 23.7. The molecule has 2 fully saturated rings. The van der Waals surface area contributed by atoms with Gasteiger partial charge in [-0.2, -0.15) is 5.10 Å². The quantitative estimate of drug-likeness (QED) is 0.379. The maximum atomic E-state index is 14.6. The van der Waals surface area contributed by atoms with Crippen LogP contribution < -0.4 is 0 Å². The topological polar surface area (TPSA) is 78.6 Å². The van der Waals surface area contributed by atoms with Gasteiger partial charge in [0.25, 0.3) is 0 Å². The van der Waals surface area contributed by atoms with Gasteiger partial charge >= 0.3 is 0 Å². The summed E-state index contributed by atoms with van der Waals surface area (Å²) in [6, 6.07) is 7.27. The first-order valence-corrected chi connectivity index (χ1v) is 11.9. The van der Waals surface area contributed by atoms with Crippen LogP contribution in [0.3, 0.4) is 0 Å². The Labute approximate surface area is 202 Å². The monoisotopic (exact) mass is 480 g/mol. The normalized spacial score (nSPS) is 16.4. The molecule has 1 saturated carbocycles. The number of aryl methyl sites for hydroxylation is 2. The third-order valence-electron chi connectivity index (χ3n) is 6.18. The van der Waals surface area contributed by atoms with Crippen molar-refractivity contribution >= 4 is 22.8 Å². The zero-order valence-electron chi connectivity index (χ0n) is 19.2. The van der Waals surface area contributed by atoms with Crippen molar-refractivity contribution in [1.82, 2.24) is 29.7 Å². The standard InChI is InChI=1S/C19H18ClFN4O.C6H8N2/c1-10-11(2)23-19-17(22-10)16(14-4-3-13(20)9-15(14)21)24-18(25-19)12-5-7-26-8-6-12;1-4-7-8(5-1)6-2-3-6/h3-4,9,12H,5-8H2,1-2H3;1,4-6H,2-3H2. The molecule has 9 heteroatoms. The number of ether oxygens (including phenoxy) is 1. The van der Waals surface area contributed by atoms with Crippen LogP contribution in [0.2, 0.25) is 5.02 Å². The molecule has 176 valence electrons. The van der Waals surface area contributed by atoms with E-state index in [-0.39, 0.29) is 5.92 Å². The molecule has 0 N–H and O–H groups in total.